The van der Waals surface area contributed by atoms with Gasteiger partial charge in [-0.25, -0.2) is 4.98 Å². The fraction of sp³-hybridized carbons (Fsp3) is 0.133. The summed E-state index contributed by atoms with van der Waals surface area (Å²) >= 11 is 0. The summed E-state index contributed by atoms with van der Waals surface area (Å²) in [5, 5.41) is 2.87. The molecule has 0 atom stereocenters. The first kappa shape index (κ1) is 12.3. The molecule has 100 valence electrons. The third-order valence-corrected chi connectivity index (χ3v) is 3.16. The summed E-state index contributed by atoms with van der Waals surface area (Å²) in [6, 6.07) is 9.11. The van der Waals surface area contributed by atoms with Crippen LogP contribution in [0.4, 0.5) is 5.69 Å². The number of carbonyl (C=O) groups is 1. The zero-order valence-electron chi connectivity index (χ0n) is 11.3. The fourth-order valence-corrected chi connectivity index (χ4v) is 2.09. The molecule has 0 aliphatic rings. The Morgan fingerprint density at radius 3 is 2.85 bits per heavy atom. The molecular formula is C15H14N4O. The van der Waals surface area contributed by atoms with Crippen LogP contribution in [0.1, 0.15) is 21.7 Å². The summed E-state index contributed by atoms with van der Waals surface area (Å²) < 4.78 is 0. The molecular weight excluding hydrogens is 252 g/mol. The molecule has 0 aliphatic carbocycles. The Hall–Kier alpha value is -2.69. The lowest BCUT2D eigenvalue weighted by molar-refractivity contribution is 0.102. The van der Waals surface area contributed by atoms with Crippen LogP contribution in [0.5, 0.6) is 0 Å². The Labute approximate surface area is 116 Å². The minimum absolute atomic E-state index is 0.157. The molecule has 5 heteroatoms. The van der Waals surface area contributed by atoms with E-state index in [0.717, 1.165) is 28.1 Å². The zero-order chi connectivity index (χ0) is 14.1. The molecule has 0 aliphatic heterocycles. The lowest BCUT2D eigenvalue weighted by Gasteiger charge is -2.08. The largest absolute Gasteiger partial charge is 0.345 e. The molecule has 0 spiro atoms. The highest BCUT2D eigenvalue weighted by Gasteiger charge is 2.09. The summed E-state index contributed by atoms with van der Waals surface area (Å²) in [4.78, 5) is 23.7. The highest BCUT2D eigenvalue weighted by atomic mass is 16.1. The monoisotopic (exact) mass is 266 g/mol. The van der Waals surface area contributed by atoms with E-state index in [2.05, 4.69) is 20.3 Å². The van der Waals surface area contributed by atoms with Crippen LogP contribution in [0.3, 0.4) is 0 Å². The quantitative estimate of drug-likeness (QED) is 0.749. The number of hydrogen-bond acceptors (Lipinski definition) is 3. The maximum Gasteiger partial charge on any atom is 0.255 e. The van der Waals surface area contributed by atoms with E-state index in [9.17, 15) is 4.79 Å². The number of nitrogens with zero attached hydrogens (tertiary/aromatic N) is 2. The van der Waals surface area contributed by atoms with Gasteiger partial charge in [0.25, 0.3) is 5.91 Å². The van der Waals surface area contributed by atoms with Crippen LogP contribution >= 0.6 is 0 Å². The normalized spacial score (nSPS) is 10.7. The summed E-state index contributed by atoms with van der Waals surface area (Å²) in [6.07, 6.45) is 1.61. The minimum Gasteiger partial charge on any atom is -0.345 e. The van der Waals surface area contributed by atoms with E-state index in [0.29, 0.717) is 5.56 Å². The van der Waals surface area contributed by atoms with E-state index >= 15 is 0 Å². The molecule has 0 bridgehead atoms. The Kier molecular flexibility index (Phi) is 2.95. The Bertz CT molecular complexity index is 791. The number of pyridine rings is 1. The van der Waals surface area contributed by atoms with Gasteiger partial charge in [0.15, 0.2) is 0 Å². The predicted octanol–water partition coefficient (Wildman–Crippen LogP) is 2.83. The summed E-state index contributed by atoms with van der Waals surface area (Å²) in [5.74, 6) is -0.157. The van der Waals surface area contributed by atoms with E-state index in [-0.39, 0.29) is 5.91 Å². The number of aryl methyl sites for hydroxylation is 2. The number of aromatic amines is 1. The first-order chi connectivity index (χ1) is 9.63. The van der Waals surface area contributed by atoms with E-state index < -0.39 is 0 Å². The van der Waals surface area contributed by atoms with Crippen molar-refractivity contribution < 1.29 is 4.79 Å². The van der Waals surface area contributed by atoms with Crippen molar-refractivity contribution in [2.45, 2.75) is 13.8 Å². The maximum atomic E-state index is 12.2. The van der Waals surface area contributed by atoms with Crippen molar-refractivity contribution in [2.75, 3.05) is 5.32 Å². The van der Waals surface area contributed by atoms with Crippen LogP contribution in [-0.4, -0.2) is 20.9 Å². The number of amides is 1. The Morgan fingerprint density at radius 2 is 2.05 bits per heavy atom. The van der Waals surface area contributed by atoms with Gasteiger partial charge < -0.3 is 10.3 Å². The number of benzene rings is 1. The maximum absolute atomic E-state index is 12.2. The van der Waals surface area contributed by atoms with E-state index in [1.54, 1.807) is 18.5 Å². The number of carbonyl (C=O) groups excluding carboxylic acids is 1. The number of imidazole rings is 1. The lowest BCUT2D eigenvalue weighted by Crippen LogP contribution is -2.13. The molecule has 2 aromatic heterocycles. The van der Waals surface area contributed by atoms with Crippen LogP contribution in [0.25, 0.3) is 11.0 Å². The average molecular weight is 266 g/mol. The Morgan fingerprint density at radius 1 is 1.20 bits per heavy atom. The molecule has 0 saturated carbocycles. The SMILES string of the molecule is Cc1ccc(NC(=O)c2ccc3nc[nH]c3c2)c(C)n1. The number of H-pyrrole nitrogens is 1. The lowest BCUT2D eigenvalue weighted by atomic mass is 10.2. The van der Waals surface area contributed by atoms with Crippen molar-refractivity contribution in [3.63, 3.8) is 0 Å². The number of nitrogens with one attached hydrogen (secondary N) is 2. The predicted molar refractivity (Wildman–Crippen MR) is 77.8 cm³/mol. The number of aromatic nitrogens is 3. The Balaban J connectivity index is 1.88. The van der Waals surface area contributed by atoms with E-state index in [4.69, 9.17) is 0 Å². The number of fused-ring (bicyclic) bond motifs is 1. The van der Waals surface area contributed by atoms with Crippen LogP contribution in [0.15, 0.2) is 36.7 Å². The van der Waals surface area contributed by atoms with Crippen LogP contribution < -0.4 is 5.32 Å². The van der Waals surface area contributed by atoms with Gasteiger partial charge in [0.1, 0.15) is 0 Å². The molecule has 1 aromatic carbocycles. The molecule has 3 rings (SSSR count). The smallest absolute Gasteiger partial charge is 0.255 e. The van der Waals surface area contributed by atoms with Crippen LogP contribution in [-0.2, 0) is 0 Å². The van der Waals surface area contributed by atoms with Crippen molar-refractivity contribution in [3.8, 4) is 0 Å². The standard InChI is InChI=1S/C15H14N4O/c1-9-3-5-12(10(2)18-9)19-15(20)11-4-6-13-14(7-11)17-8-16-13/h3-8H,1-2H3,(H,16,17)(H,19,20). The molecule has 20 heavy (non-hydrogen) atoms. The summed E-state index contributed by atoms with van der Waals surface area (Å²) in [5.41, 5.74) is 4.73. The molecule has 0 saturated heterocycles. The molecule has 0 fully saturated rings. The van der Waals surface area contributed by atoms with Gasteiger partial charge in [0, 0.05) is 11.3 Å². The molecule has 3 aromatic rings. The second-order valence-corrected chi connectivity index (χ2v) is 4.67. The first-order valence-electron chi connectivity index (χ1n) is 6.32. The second-order valence-electron chi connectivity index (χ2n) is 4.67. The van der Waals surface area contributed by atoms with Gasteiger partial charge in [0.05, 0.1) is 28.7 Å². The minimum atomic E-state index is -0.157. The summed E-state index contributed by atoms with van der Waals surface area (Å²) in [7, 11) is 0. The number of rotatable bonds is 2. The third-order valence-electron chi connectivity index (χ3n) is 3.16. The third kappa shape index (κ3) is 2.25. The molecule has 2 N–H and O–H groups in total. The second kappa shape index (κ2) is 4.77. The van der Waals surface area contributed by atoms with E-state index in [1.165, 1.54) is 0 Å². The highest BCUT2D eigenvalue weighted by molar-refractivity contribution is 6.06. The molecule has 5 nitrogen and oxygen atoms in total. The van der Waals surface area contributed by atoms with Gasteiger partial charge in [-0.15, -0.1) is 0 Å². The molecule has 1 amide bonds. The summed E-state index contributed by atoms with van der Waals surface area (Å²) in [6.45, 7) is 3.80. The average Bonchev–Trinajstić information content (AvgIpc) is 2.89. The number of hydrogen-bond donors (Lipinski definition) is 2. The van der Waals surface area contributed by atoms with Crippen LogP contribution in [0.2, 0.25) is 0 Å². The van der Waals surface area contributed by atoms with Crippen molar-refractivity contribution in [3.05, 3.63) is 53.6 Å². The first-order valence-corrected chi connectivity index (χ1v) is 6.32. The van der Waals surface area contributed by atoms with Crippen LogP contribution in [0, 0.1) is 13.8 Å². The van der Waals surface area contributed by atoms with Crippen molar-refractivity contribution in [1.82, 2.24) is 15.0 Å². The molecule has 0 unspecified atom stereocenters. The van der Waals surface area contributed by atoms with Crippen molar-refractivity contribution >= 4 is 22.6 Å². The van der Waals surface area contributed by atoms with Crippen molar-refractivity contribution in [1.29, 1.82) is 0 Å². The van der Waals surface area contributed by atoms with Gasteiger partial charge >= 0.3 is 0 Å². The van der Waals surface area contributed by atoms with Crippen molar-refractivity contribution in [2.24, 2.45) is 0 Å². The van der Waals surface area contributed by atoms with Gasteiger partial charge in [-0.3, -0.25) is 9.78 Å². The zero-order valence-corrected chi connectivity index (χ0v) is 11.3. The highest BCUT2D eigenvalue weighted by Crippen LogP contribution is 2.16. The molecule has 2 heterocycles. The van der Waals surface area contributed by atoms with Gasteiger partial charge in [-0.1, -0.05) is 0 Å². The van der Waals surface area contributed by atoms with E-state index in [1.807, 2.05) is 32.0 Å². The van der Waals surface area contributed by atoms with Gasteiger partial charge in [0.2, 0.25) is 0 Å². The molecule has 0 radical (unpaired) electrons. The topological polar surface area (TPSA) is 70.7 Å². The fourth-order valence-electron chi connectivity index (χ4n) is 2.09. The van der Waals surface area contributed by atoms with Gasteiger partial charge in [-0.2, -0.15) is 0 Å². The van der Waals surface area contributed by atoms with Gasteiger partial charge in [-0.05, 0) is 44.2 Å². The number of anilines is 1.